The Morgan fingerprint density at radius 2 is 1.72 bits per heavy atom. The molecule has 0 saturated heterocycles. The molecular weight excluding hydrogens is 380 g/mol. The van der Waals surface area contributed by atoms with Crippen molar-refractivity contribution in [3.8, 4) is 11.5 Å². The molecule has 1 rings (SSSR count). The van der Waals surface area contributed by atoms with E-state index >= 15 is 0 Å². The molecule has 0 radical (unpaired) electrons. The third-order valence-electron chi connectivity index (χ3n) is 4.03. The fourth-order valence-electron chi connectivity index (χ4n) is 2.62. The summed E-state index contributed by atoms with van der Waals surface area (Å²) in [6.45, 7) is 7.36. The molecule has 0 aromatic heterocycles. The number of ether oxygens (including phenoxy) is 1. The Kier molecular flexibility index (Phi) is 8.75. The Morgan fingerprint density at radius 1 is 1.07 bits per heavy atom. The quantitative estimate of drug-likeness (QED) is 0.394. The van der Waals surface area contributed by atoms with Crippen molar-refractivity contribution < 1.29 is 34.4 Å². The van der Waals surface area contributed by atoms with E-state index in [0.717, 1.165) is 6.42 Å². The number of aromatic hydroxyl groups is 2. The van der Waals surface area contributed by atoms with Crippen molar-refractivity contribution in [1.82, 2.24) is 10.6 Å². The summed E-state index contributed by atoms with van der Waals surface area (Å²) < 4.78 is 5.12. The number of carboxylic acids is 1. The van der Waals surface area contributed by atoms with E-state index in [-0.39, 0.29) is 24.4 Å². The standard InChI is InChI=1S/C20H30N2O7/c1-12-10-14(23)16(18(26)27)17(25)13(12)11-22-15(24)8-6-5-7-9-21-19(28)29-20(2,3)4/h10,23,25H,5-9,11H2,1-4H3,(H,21,28)(H,22,24)(H,26,27). The normalized spacial score (nSPS) is 11.0. The predicted molar refractivity (Wildman–Crippen MR) is 106 cm³/mol. The lowest BCUT2D eigenvalue weighted by atomic mass is 10.0. The number of alkyl carbamates (subject to hydrolysis) is 1. The van der Waals surface area contributed by atoms with Gasteiger partial charge in [0.15, 0.2) is 0 Å². The van der Waals surface area contributed by atoms with Crippen LogP contribution in [0, 0.1) is 6.92 Å². The molecule has 162 valence electrons. The van der Waals surface area contributed by atoms with Gasteiger partial charge < -0.3 is 30.7 Å². The van der Waals surface area contributed by atoms with E-state index in [9.17, 15) is 24.6 Å². The van der Waals surface area contributed by atoms with Crippen molar-refractivity contribution in [3.63, 3.8) is 0 Å². The summed E-state index contributed by atoms with van der Waals surface area (Å²) in [6.07, 6.45) is 1.83. The second-order valence-electron chi connectivity index (χ2n) is 7.74. The summed E-state index contributed by atoms with van der Waals surface area (Å²) in [4.78, 5) is 34.6. The molecule has 9 heteroatoms. The zero-order valence-corrected chi connectivity index (χ0v) is 17.3. The number of unbranched alkanes of at least 4 members (excludes halogenated alkanes) is 2. The number of carbonyl (C=O) groups excluding carboxylic acids is 2. The van der Waals surface area contributed by atoms with E-state index in [1.54, 1.807) is 27.7 Å². The molecule has 5 N–H and O–H groups in total. The SMILES string of the molecule is Cc1cc(O)c(C(=O)O)c(O)c1CNC(=O)CCCCCNC(=O)OC(C)(C)C. The van der Waals surface area contributed by atoms with E-state index < -0.39 is 34.7 Å². The lowest BCUT2D eigenvalue weighted by molar-refractivity contribution is -0.121. The van der Waals surface area contributed by atoms with Gasteiger partial charge in [0.25, 0.3) is 0 Å². The van der Waals surface area contributed by atoms with Gasteiger partial charge in [0.1, 0.15) is 22.7 Å². The van der Waals surface area contributed by atoms with Crippen LogP contribution in [0.5, 0.6) is 11.5 Å². The number of aryl methyl sites for hydroxylation is 1. The summed E-state index contributed by atoms with van der Waals surface area (Å²) in [5.74, 6) is -2.77. The molecule has 9 nitrogen and oxygen atoms in total. The van der Waals surface area contributed by atoms with Crippen LogP contribution < -0.4 is 10.6 Å². The lowest BCUT2D eigenvalue weighted by Crippen LogP contribution is -2.33. The third-order valence-corrected chi connectivity index (χ3v) is 4.03. The summed E-state index contributed by atoms with van der Waals surface area (Å²) in [5.41, 5.74) is -0.413. The van der Waals surface area contributed by atoms with Gasteiger partial charge in [0.2, 0.25) is 5.91 Å². The first-order chi connectivity index (χ1) is 13.4. The van der Waals surface area contributed by atoms with Gasteiger partial charge >= 0.3 is 12.1 Å². The van der Waals surface area contributed by atoms with Crippen LogP contribution >= 0.6 is 0 Å². The molecule has 0 heterocycles. The van der Waals surface area contributed by atoms with Crippen LogP contribution in [0.1, 0.15) is 67.9 Å². The molecular formula is C20H30N2O7. The highest BCUT2D eigenvalue weighted by atomic mass is 16.6. The van der Waals surface area contributed by atoms with Gasteiger partial charge in [0, 0.05) is 25.1 Å². The number of carboxylic acid groups (broad SMARTS) is 1. The van der Waals surface area contributed by atoms with Crippen LogP contribution in [0.2, 0.25) is 0 Å². The molecule has 0 aliphatic heterocycles. The van der Waals surface area contributed by atoms with Crippen LogP contribution in [-0.2, 0) is 16.1 Å². The minimum atomic E-state index is -1.45. The molecule has 0 atom stereocenters. The zero-order valence-electron chi connectivity index (χ0n) is 17.3. The Bertz CT molecular complexity index is 754. The van der Waals surface area contributed by atoms with Crippen molar-refractivity contribution in [2.24, 2.45) is 0 Å². The molecule has 2 amide bonds. The maximum atomic E-state index is 12.0. The molecule has 0 aliphatic rings. The van der Waals surface area contributed by atoms with Crippen molar-refractivity contribution >= 4 is 18.0 Å². The maximum absolute atomic E-state index is 12.0. The monoisotopic (exact) mass is 410 g/mol. The van der Waals surface area contributed by atoms with Crippen LogP contribution in [0.4, 0.5) is 4.79 Å². The molecule has 1 aromatic rings. The first-order valence-electron chi connectivity index (χ1n) is 9.43. The van der Waals surface area contributed by atoms with Gasteiger partial charge in [-0.05, 0) is 52.2 Å². The second-order valence-corrected chi connectivity index (χ2v) is 7.74. The van der Waals surface area contributed by atoms with Crippen molar-refractivity contribution in [1.29, 1.82) is 0 Å². The Labute approximate surface area is 170 Å². The molecule has 29 heavy (non-hydrogen) atoms. The van der Waals surface area contributed by atoms with Gasteiger partial charge in [-0.1, -0.05) is 6.42 Å². The highest BCUT2D eigenvalue weighted by Gasteiger charge is 2.21. The van der Waals surface area contributed by atoms with E-state index in [2.05, 4.69) is 10.6 Å². The van der Waals surface area contributed by atoms with Gasteiger partial charge in [0.05, 0.1) is 0 Å². The Morgan fingerprint density at radius 3 is 2.31 bits per heavy atom. The van der Waals surface area contributed by atoms with Crippen molar-refractivity contribution in [3.05, 3.63) is 22.8 Å². The van der Waals surface area contributed by atoms with E-state index in [0.29, 0.717) is 24.9 Å². The van der Waals surface area contributed by atoms with Crippen molar-refractivity contribution in [2.45, 2.75) is 65.5 Å². The van der Waals surface area contributed by atoms with Gasteiger partial charge in [-0.2, -0.15) is 0 Å². The second kappa shape index (κ2) is 10.5. The molecule has 0 bridgehead atoms. The number of carbonyl (C=O) groups is 3. The summed E-state index contributed by atoms with van der Waals surface area (Å²) in [5, 5.41) is 34.1. The zero-order chi connectivity index (χ0) is 22.2. The molecule has 0 aliphatic carbocycles. The molecule has 0 saturated carbocycles. The molecule has 0 fully saturated rings. The number of hydrogen-bond donors (Lipinski definition) is 5. The minimum Gasteiger partial charge on any atom is -0.507 e. The minimum absolute atomic E-state index is 0.0444. The number of hydrogen-bond acceptors (Lipinski definition) is 6. The predicted octanol–water partition coefficient (Wildman–Crippen LogP) is 2.81. The fraction of sp³-hybridized carbons (Fsp3) is 0.550. The molecule has 1 aromatic carbocycles. The molecule has 0 spiro atoms. The smallest absolute Gasteiger partial charge is 0.407 e. The topological polar surface area (TPSA) is 145 Å². The average Bonchev–Trinajstić information content (AvgIpc) is 2.55. The van der Waals surface area contributed by atoms with Gasteiger partial charge in [-0.3, -0.25) is 4.79 Å². The van der Waals surface area contributed by atoms with Crippen LogP contribution in [0.25, 0.3) is 0 Å². The number of benzene rings is 1. The fourth-order valence-corrected chi connectivity index (χ4v) is 2.62. The highest BCUT2D eigenvalue weighted by molar-refractivity contribution is 5.94. The lowest BCUT2D eigenvalue weighted by Gasteiger charge is -2.19. The molecule has 0 unspecified atom stereocenters. The van der Waals surface area contributed by atoms with Crippen LogP contribution in [0.15, 0.2) is 6.07 Å². The number of aromatic carboxylic acids is 1. The summed E-state index contributed by atoms with van der Waals surface area (Å²) in [6, 6.07) is 1.24. The van der Waals surface area contributed by atoms with Crippen LogP contribution in [0.3, 0.4) is 0 Å². The Balaban J connectivity index is 2.36. The third kappa shape index (κ3) is 8.28. The average molecular weight is 410 g/mol. The summed E-state index contributed by atoms with van der Waals surface area (Å²) >= 11 is 0. The van der Waals surface area contributed by atoms with Crippen LogP contribution in [-0.4, -0.2) is 45.4 Å². The maximum Gasteiger partial charge on any atom is 0.407 e. The van der Waals surface area contributed by atoms with E-state index in [1.165, 1.54) is 6.07 Å². The van der Waals surface area contributed by atoms with Gasteiger partial charge in [-0.25, -0.2) is 9.59 Å². The Hall–Kier alpha value is -2.97. The highest BCUT2D eigenvalue weighted by Crippen LogP contribution is 2.33. The number of amides is 2. The number of rotatable bonds is 9. The van der Waals surface area contributed by atoms with Crippen molar-refractivity contribution in [2.75, 3.05) is 6.54 Å². The summed E-state index contributed by atoms with van der Waals surface area (Å²) in [7, 11) is 0. The first-order valence-corrected chi connectivity index (χ1v) is 9.43. The van der Waals surface area contributed by atoms with Gasteiger partial charge in [-0.15, -0.1) is 0 Å². The first kappa shape index (κ1) is 24.1. The largest absolute Gasteiger partial charge is 0.507 e. The van der Waals surface area contributed by atoms with E-state index in [1.807, 2.05) is 0 Å². The number of phenols is 2. The van der Waals surface area contributed by atoms with E-state index in [4.69, 9.17) is 9.84 Å². The number of nitrogens with one attached hydrogen (secondary N) is 2.